The predicted molar refractivity (Wildman–Crippen MR) is 124 cm³/mol. The van der Waals surface area contributed by atoms with E-state index in [9.17, 15) is 4.79 Å². The number of benzene rings is 1. The molecular weight excluding hydrogens is 398 g/mol. The number of guanidine groups is 1. The minimum absolute atomic E-state index is 0.203. The molecule has 0 bridgehead atoms. The molecule has 6 nitrogen and oxygen atoms in total. The molecule has 166 valence electrons. The van der Waals surface area contributed by atoms with Crippen molar-refractivity contribution in [2.75, 3.05) is 40.8 Å². The van der Waals surface area contributed by atoms with Crippen LogP contribution in [-0.2, 0) is 4.79 Å². The number of aliphatic imine (C=N–C) groups is 1. The van der Waals surface area contributed by atoms with E-state index in [-0.39, 0.29) is 18.0 Å². The molecule has 7 heteroatoms. The third-order valence-corrected chi connectivity index (χ3v) is 6.61. The molecule has 1 aromatic carbocycles. The van der Waals surface area contributed by atoms with Crippen molar-refractivity contribution in [3.05, 3.63) is 34.9 Å². The molecule has 0 radical (unpaired) electrons. The van der Waals surface area contributed by atoms with Crippen LogP contribution in [0.4, 0.5) is 0 Å². The van der Waals surface area contributed by atoms with Gasteiger partial charge >= 0.3 is 0 Å². The molecule has 2 aliphatic rings. The van der Waals surface area contributed by atoms with Crippen LogP contribution in [-0.4, -0.2) is 68.5 Å². The van der Waals surface area contributed by atoms with E-state index in [1.165, 1.54) is 24.8 Å². The molecule has 1 aromatic rings. The lowest BCUT2D eigenvalue weighted by molar-refractivity contribution is -0.135. The minimum atomic E-state index is 0.203. The van der Waals surface area contributed by atoms with Gasteiger partial charge in [0, 0.05) is 43.7 Å². The molecule has 0 spiro atoms. The van der Waals surface area contributed by atoms with Gasteiger partial charge in [-0.1, -0.05) is 43.0 Å². The highest BCUT2D eigenvalue weighted by molar-refractivity contribution is 6.30. The van der Waals surface area contributed by atoms with Crippen molar-refractivity contribution in [1.29, 1.82) is 0 Å². The van der Waals surface area contributed by atoms with Gasteiger partial charge in [0.1, 0.15) is 0 Å². The number of amides is 1. The van der Waals surface area contributed by atoms with Crippen molar-refractivity contribution < 1.29 is 4.79 Å². The molecule has 2 atom stereocenters. The zero-order valence-corrected chi connectivity index (χ0v) is 19.3. The zero-order chi connectivity index (χ0) is 21.5. The molecule has 2 N–H and O–H groups in total. The fourth-order valence-corrected chi connectivity index (χ4v) is 4.68. The Balaban J connectivity index is 1.50. The van der Waals surface area contributed by atoms with Crippen LogP contribution in [0.5, 0.6) is 0 Å². The molecule has 1 saturated carbocycles. The van der Waals surface area contributed by atoms with Crippen LogP contribution in [0.25, 0.3) is 0 Å². The Labute approximate surface area is 186 Å². The first-order valence-corrected chi connectivity index (χ1v) is 11.5. The van der Waals surface area contributed by atoms with Gasteiger partial charge in [0.2, 0.25) is 5.91 Å². The Bertz CT molecular complexity index is 715. The van der Waals surface area contributed by atoms with Crippen LogP contribution >= 0.6 is 11.6 Å². The minimum Gasteiger partial charge on any atom is -0.354 e. The van der Waals surface area contributed by atoms with Crippen molar-refractivity contribution in [3.8, 4) is 0 Å². The van der Waals surface area contributed by atoms with E-state index in [1.807, 2.05) is 12.1 Å². The van der Waals surface area contributed by atoms with Gasteiger partial charge in [-0.2, -0.15) is 0 Å². The first-order valence-electron chi connectivity index (χ1n) is 11.2. The van der Waals surface area contributed by atoms with Crippen molar-refractivity contribution >= 4 is 23.5 Å². The quantitative estimate of drug-likeness (QED) is 0.533. The second kappa shape index (κ2) is 11.0. The van der Waals surface area contributed by atoms with Crippen LogP contribution in [0.2, 0.25) is 5.02 Å². The van der Waals surface area contributed by atoms with E-state index < -0.39 is 0 Å². The van der Waals surface area contributed by atoms with Gasteiger partial charge in [0.15, 0.2) is 5.96 Å². The van der Waals surface area contributed by atoms with Crippen LogP contribution in [0.3, 0.4) is 0 Å². The predicted octanol–water partition coefficient (Wildman–Crippen LogP) is 3.29. The Kier molecular flexibility index (Phi) is 8.40. The van der Waals surface area contributed by atoms with Crippen LogP contribution < -0.4 is 10.6 Å². The third-order valence-electron chi connectivity index (χ3n) is 6.36. The Morgan fingerprint density at radius 2 is 1.90 bits per heavy atom. The van der Waals surface area contributed by atoms with Crippen LogP contribution in [0, 0.1) is 5.92 Å². The summed E-state index contributed by atoms with van der Waals surface area (Å²) in [6.45, 7) is 2.34. The van der Waals surface area contributed by atoms with Gasteiger partial charge in [0.05, 0.1) is 6.04 Å². The lowest BCUT2D eigenvalue weighted by Gasteiger charge is -2.27. The number of hydrogen-bond acceptors (Lipinski definition) is 3. The number of hydrogen-bond donors (Lipinski definition) is 2. The largest absolute Gasteiger partial charge is 0.354 e. The van der Waals surface area contributed by atoms with E-state index in [0.29, 0.717) is 5.91 Å². The smallest absolute Gasteiger partial charge is 0.225 e. The summed E-state index contributed by atoms with van der Waals surface area (Å²) in [7, 11) is 5.94. The van der Waals surface area contributed by atoms with Gasteiger partial charge in [0.25, 0.3) is 0 Å². The maximum absolute atomic E-state index is 12.8. The Hall–Kier alpha value is -1.79. The highest BCUT2D eigenvalue weighted by Gasteiger charge is 2.31. The number of carbonyl (C=O) groups is 1. The lowest BCUT2D eigenvalue weighted by atomic mass is 9.88. The third kappa shape index (κ3) is 6.11. The van der Waals surface area contributed by atoms with Gasteiger partial charge in [-0.25, -0.2) is 0 Å². The topological polar surface area (TPSA) is 60.0 Å². The molecule has 1 heterocycles. The average Bonchev–Trinajstić information content (AvgIpc) is 3.22. The summed E-state index contributed by atoms with van der Waals surface area (Å²) in [6, 6.07) is 8.44. The summed E-state index contributed by atoms with van der Waals surface area (Å²) in [4.78, 5) is 21.4. The second-order valence-corrected chi connectivity index (χ2v) is 9.17. The first-order chi connectivity index (χ1) is 14.5. The SMILES string of the molecule is CN=C(NCC(c1ccc(Cl)cc1)N(C)C)NC1CCN(C(=O)C2CCCCC2)C1. The highest BCUT2D eigenvalue weighted by Crippen LogP contribution is 2.27. The lowest BCUT2D eigenvalue weighted by Crippen LogP contribution is -2.47. The van der Waals surface area contributed by atoms with Gasteiger partial charge < -0.3 is 20.4 Å². The summed E-state index contributed by atoms with van der Waals surface area (Å²) in [6.07, 6.45) is 6.76. The molecule has 2 unspecified atom stereocenters. The van der Waals surface area contributed by atoms with Gasteiger partial charge in [-0.15, -0.1) is 0 Å². The fraction of sp³-hybridized carbons (Fsp3) is 0.652. The van der Waals surface area contributed by atoms with Crippen molar-refractivity contribution in [2.45, 2.75) is 50.6 Å². The molecule has 1 saturated heterocycles. The number of rotatable bonds is 6. The molecule has 2 fully saturated rings. The molecule has 30 heavy (non-hydrogen) atoms. The first kappa shape index (κ1) is 22.9. The maximum Gasteiger partial charge on any atom is 0.225 e. The molecule has 1 amide bonds. The Morgan fingerprint density at radius 3 is 2.53 bits per heavy atom. The summed E-state index contributed by atoms with van der Waals surface area (Å²) in [5, 5.41) is 7.72. The van der Waals surface area contributed by atoms with E-state index in [0.717, 1.165) is 49.9 Å². The molecular formula is C23H36ClN5O. The maximum atomic E-state index is 12.8. The van der Waals surface area contributed by atoms with Crippen LogP contribution in [0.15, 0.2) is 29.3 Å². The highest BCUT2D eigenvalue weighted by atomic mass is 35.5. The summed E-state index contributed by atoms with van der Waals surface area (Å²) < 4.78 is 0. The van der Waals surface area contributed by atoms with Gasteiger partial charge in [-0.05, 0) is 51.1 Å². The normalized spacial score (nSPS) is 21.7. The molecule has 3 rings (SSSR count). The van der Waals surface area contributed by atoms with Crippen molar-refractivity contribution in [1.82, 2.24) is 20.4 Å². The van der Waals surface area contributed by atoms with Crippen LogP contribution in [0.1, 0.15) is 50.1 Å². The van der Waals surface area contributed by atoms with Crippen molar-refractivity contribution in [2.24, 2.45) is 10.9 Å². The Morgan fingerprint density at radius 1 is 1.20 bits per heavy atom. The van der Waals surface area contributed by atoms with E-state index >= 15 is 0 Å². The summed E-state index contributed by atoms with van der Waals surface area (Å²) >= 11 is 6.04. The second-order valence-electron chi connectivity index (χ2n) is 8.73. The monoisotopic (exact) mass is 433 g/mol. The standard InChI is InChI=1S/C23H36ClN5O/c1-25-23(26-15-21(28(2)3)17-9-11-19(24)12-10-17)27-20-13-14-29(16-20)22(30)18-7-5-4-6-8-18/h9-12,18,20-21H,4-8,13-16H2,1-3H3,(H2,25,26,27). The van der Waals surface area contributed by atoms with E-state index in [1.54, 1.807) is 7.05 Å². The van der Waals surface area contributed by atoms with Crippen molar-refractivity contribution in [3.63, 3.8) is 0 Å². The zero-order valence-electron chi connectivity index (χ0n) is 18.5. The number of nitrogens with one attached hydrogen (secondary N) is 2. The number of carbonyl (C=O) groups excluding carboxylic acids is 1. The number of likely N-dealkylation sites (N-methyl/N-ethyl adjacent to an activating group) is 1. The van der Waals surface area contributed by atoms with E-state index in [2.05, 4.69) is 51.7 Å². The molecule has 1 aliphatic carbocycles. The number of halogens is 1. The molecule has 1 aliphatic heterocycles. The molecule has 0 aromatic heterocycles. The average molecular weight is 434 g/mol. The van der Waals surface area contributed by atoms with E-state index in [4.69, 9.17) is 11.6 Å². The summed E-state index contributed by atoms with van der Waals surface area (Å²) in [5.41, 5.74) is 1.21. The number of likely N-dealkylation sites (tertiary alicyclic amines) is 1. The van der Waals surface area contributed by atoms with Gasteiger partial charge in [-0.3, -0.25) is 9.79 Å². The number of nitrogens with zero attached hydrogens (tertiary/aromatic N) is 3. The summed E-state index contributed by atoms with van der Waals surface area (Å²) in [5.74, 6) is 1.39. The fourth-order valence-electron chi connectivity index (χ4n) is 4.55.